The van der Waals surface area contributed by atoms with E-state index in [-0.39, 0.29) is 11.4 Å². The maximum Gasteiger partial charge on any atom is 0.333 e. The van der Waals surface area contributed by atoms with E-state index < -0.39 is 6.55 Å². The molecule has 0 aliphatic heterocycles. The van der Waals surface area contributed by atoms with Gasteiger partial charge in [-0.1, -0.05) is 5.16 Å². The summed E-state index contributed by atoms with van der Waals surface area (Å²) in [5.74, 6) is 0. The minimum absolute atomic E-state index is 0.203. The smallest absolute Gasteiger partial charge is 0.333 e. The van der Waals surface area contributed by atoms with Gasteiger partial charge in [-0.3, -0.25) is 0 Å². The van der Waals surface area contributed by atoms with Crippen molar-refractivity contribution in [3.8, 4) is 0 Å². The number of hydrogen-bond acceptors (Lipinski definition) is 3. The van der Waals surface area contributed by atoms with Gasteiger partial charge in [-0.2, -0.15) is 13.9 Å². The summed E-state index contributed by atoms with van der Waals surface area (Å²) in [7, 11) is 0. The summed E-state index contributed by atoms with van der Waals surface area (Å²) in [5, 5.41) is 14.6. The van der Waals surface area contributed by atoms with Crippen molar-refractivity contribution >= 4 is 5.71 Å². The van der Waals surface area contributed by atoms with Gasteiger partial charge < -0.3 is 5.21 Å². The monoisotopic (exact) mass is 175 g/mol. The average Bonchev–Trinajstić information content (AvgIpc) is 2.51. The number of halogens is 2. The first-order valence-electron chi connectivity index (χ1n) is 3.17. The zero-order chi connectivity index (χ0) is 9.14. The Morgan fingerprint density at radius 2 is 2.42 bits per heavy atom. The third kappa shape index (κ3) is 1.58. The molecule has 0 saturated carbocycles. The van der Waals surface area contributed by atoms with E-state index in [9.17, 15) is 8.78 Å². The van der Waals surface area contributed by atoms with Crippen molar-refractivity contribution in [1.82, 2.24) is 9.78 Å². The number of hydrogen-bond donors (Lipinski definition) is 1. The van der Waals surface area contributed by atoms with Gasteiger partial charge in [0.1, 0.15) is 11.4 Å². The van der Waals surface area contributed by atoms with Crippen LogP contribution in [0.25, 0.3) is 0 Å². The molecule has 1 aromatic heterocycles. The number of alkyl halides is 2. The molecule has 0 spiro atoms. The lowest BCUT2D eigenvalue weighted by molar-refractivity contribution is 0.0565. The van der Waals surface area contributed by atoms with Crippen molar-refractivity contribution in [2.75, 3.05) is 0 Å². The molecule has 0 aliphatic carbocycles. The van der Waals surface area contributed by atoms with Crippen LogP contribution in [-0.4, -0.2) is 20.7 Å². The van der Waals surface area contributed by atoms with Crippen LogP contribution in [0.5, 0.6) is 0 Å². The molecule has 0 aliphatic rings. The van der Waals surface area contributed by atoms with E-state index in [2.05, 4.69) is 10.3 Å². The van der Waals surface area contributed by atoms with Crippen molar-refractivity contribution in [2.24, 2.45) is 5.16 Å². The molecule has 4 nitrogen and oxygen atoms in total. The Labute approximate surface area is 67.1 Å². The van der Waals surface area contributed by atoms with E-state index in [1.807, 2.05) is 0 Å². The van der Waals surface area contributed by atoms with Crippen molar-refractivity contribution in [2.45, 2.75) is 13.5 Å². The summed E-state index contributed by atoms with van der Waals surface area (Å²) in [5.41, 5.74) is 0.437. The Morgan fingerprint density at radius 3 is 2.83 bits per heavy atom. The third-order valence-corrected chi connectivity index (χ3v) is 1.33. The molecular formula is C6H7F2N3O. The molecule has 1 N–H and O–H groups in total. The third-order valence-electron chi connectivity index (χ3n) is 1.33. The molecular weight excluding hydrogens is 168 g/mol. The first kappa shape index (κ1) is 8.63. The Balaban J connectivity index is 2.92. The van der Waals surface area contributed by atoms with Gasteiger partial charge in [0.2, 0.25) is 0 Å². The summed E-state index contributed by atoms with van der Waals surface area (Å²) in [6.45, 7) is -1.19. The zero-order valence-corrected chi connectivity index (χ0v) is 6.28. The molecule has 66 valence electrons. The van der Waals surface area contributed by atoms with Crippen LogP contribution in [0, 0.1) is 0 Å². The van der Waals surface area contributed by atoms with Gasteiger partial charge in [-0.05, 0) is 13.0 Å². The fourth-order valence-corrected chi connectivity index (χ4v) is 0.691. The summed E-state index contributed by atoms with van der Waals surface area (Å²) in [6, 6.07) is 1.35. The lowest BCUT2D eigenvalue weighted by Crippen LogP contribution is -2.02. The number of rotatable bonds is 2. The maximum atomic E-state index is 11.9. The van der Waals surface area contributed by atoms with Crippen LogP contribution < -0.4 is 0 Å². The van der Waals surface area contributed by atoms with Crippen LogP contribution >= 0.6 is 0 Å². The highest BCUT2D eigenvalue weighted by Crippen LogP contribution is 2.08. The second-order valence-corrected chi connectivity index (χ2v) is 2.14. The predicted molar refractivity (Wildman–Crippen MR) is 37.5 cm³/mol. The first-order chi connectivity index (χ1) is 5.65. The van der Waals surface area contributed by atoms with Gasteiger partial charge in [-0.25, -0.2) is 4.68 Å². The molecule has 12 heavy (non-hydrogen) atoms. The van der Waals surface area contributed by atoms with Crippen LogP contribution in [0.4, 0.5) is 8.78 Å². The van der Waals surface area contributed by atoms with Gasteiger partial charge in [0.05, 0.1) is 0 Å². The van der Waals surface area contributed by atoms with E-state index in [4.69, 9.17) is 5.21 Å². The summed E-state index contributed by atoms with van der Waals surface area (Å²) in [6.07, 6.45) is 1.12. The van der Waals surface area contributed by atoms with Crippen molar-refractivity contribution in [1.29, 1.82) is 0 Å². The fourth-order valence-electron chi connectivity index (χ4n) is 0.691. The maximum absolute atomic E-state index is 11.9. The van der Waals surface area contributed by atoms with Crippen LogP contribution in [0.3, 0.4) is 0 Å². The van der Waals surface area contributed by atoms with Crippen LogP contribution in [-0.2, 0) is 0 Å². The van der Waals surface area contributed by atoms with E-state index in [0.29, 0.717) is 4.68 Å². The fraction of sp³-hybridized carbons (Fsp3) is 0.333. The molecule has 1 heterocycles. The zero-order valence-electron chi connectivity index (χ0n) is 6.28. The highest BCUT2D eigenvalue weighted by Gasteiger charge is 2.08. The van der Waals surface area contributed by atoms with Gasteiger partial charge >= 0.3 is 6.55 Å². The van der Waals surface area contributed by atoms with E-state index >= 15 is 0 Å². The van der Waals surface area contributed by atoms with Crippen molar-refractivity contribution < 1.29 is 14.0 Å². The molecule has 0 bridgehead atoms. The highest BCUT2D eigenvalue weighted by atomic mass is 19.3. The molecule has 0 aromatic carbocycles. The van der Waals surface area contributed by atoms with E-state index in [1.54, 1.807) is 0 Å². The lowest BCUT2D eigenvalue weighted by atomic mass is 10.3. The minimum Gasteiger partial charge on any atom is -0.411 e. The van der Waals surface area contributed by atoms with Gasteiger partial charge in [0.15, 0.2) is 0 Å². The van der Waals surface area contributed by atoms with Crippen LogP contribution in [0.2, 0.25) is 0 Å². The predicted octanol–water partition coefficient (Wildman–Crippen LogP) is 1.48. The van der Waals surface area contributed by atoms with Gasteiger partial charge in [0, 0.05) is 6.20 Å². The number of nitrogens with zero attached hydrogens (tertiary/aromatic N) is 3. The number of aromatic nitrogens is 2. The first-order valence-corrected chi connectivity index (χ1v) is 3.17. The molecule has 1 rings (SSSR count). The van der Waals surface area contributed by atoms with E-state index in [1.165, 1.54) is 13.0 Å². The summed E-state index contributed by atoms with van der Waals surface area (Å²) in [4.78, 5) is 0. The molecule has 0 amide bonds. The standard InChI is InChI=1S/C6H7F2N3O/c1-4(10-12)5-2-3-11(9-5)6(7)8/h2-3,6,12H,1H3/b10-4-. The van der Waals surface area contributed by atoms with Crippen LogP contribution in [0.15, 0.2) is 17.4 Å². The summed E-state index contributed by atoms with van der Waals surface area (Å²) >= 11 is 0. The average molecular weight is 175 g/mol. The Bertz CT molecular complexity index is 295. The Morgan fingerprint density at radius 1 is 1.75 bits per heavy atom. The Hall–Kier alpha value is -1.46. The second-order valence-electron chi connectivity index (χ2n) is 2.14. The van der Waals surface area contributed by atoms with Crippen molar-refractivity contribution in [3.05, 3.63) is 18.0 Å². The van der Waals surface area contributed by atoms with Crippen molar-refractivity contribution in [3.63, 3.8) is 0 Å². The minimum atomic E-state index is -2.66. The highest BCUT2D eigenvalue weighted by molar-refractivity contribution is 5.96. The quantitative estimate of drug-likeness (QED) is 0.420. The van der Waals surface area contributed by atoms with Gasteiger partial charge in [0.25, 0.3) is 0 Å². The lowest BCUT2D eigenvalue weighted by Gasteiger charge is -1.95. The van der Waals surface area contributed by atoms with Crippen LogP contribution in [0.1, 0.15) is 19.2 Å². The topological polar surface area (TPSA) is 50.4 Å². The summed E-state index contributed by atoms with van der Waals surface area (Å²) < 4.78 is 24.4. The molecule has 0 atom stereocenters. The molecule has 0 saturated heterocycles. The molecule has 6 heteroatoms. The SMILES string of the molecule is C/C(=N/O)c1ccn(C(F)F)n1. The largest absolute Gasteiger partial charge is 0.411 e. The molecule has 0 unspecified atom stereocenters. The molecule has 0 fully saturated rings. The molecule has 1 aromatic rings. The molecule has 0 radical (unpaired) electrons. The number of oxime groups is 1. The second kappa shape index (κ2) is 3.29. The van der Waals surface area contributed by atoms with E-state index in [0.717, 1.165) is 6.20 Å². The normalized spacial score (nSPS) is 12.5. The van der Waals surface area contributed by atoms with Gasteiger partial charge in [-0.15, -0.1) is 0 Å². The Kier molecular flexibility index (Phi) is 2.37.